The smallest absolute Gasteiger partial charge is 0.191 e. The van der Waals surface area contributed by atoms with Crippen LogP contribution in [0.1, 0.15) is 43.1 Å². The molecular formula is C22H33IN6O2. The van der Waals surface area contributed by atoms with Gasteiger partial charge in [0.15, 0.2) is 5.96 Å². The minimum atomic E-state index is 0. The van der Waals surface area contributed by atoms with Gasteiger partial charge in [-0.2, -0.15) is 5.10 Å². The first-order valence-corrected chi connectivity index (χ1v) is 11.0. The highest BCUT2D eigenvalue weighted by Crippen LogP contribution is 2.15. The van der Waals surface area contributed by atoms with Crippen molar-refractivity contribution in [2.24, 2.45) is 4.99 Å². The molecule has 31 heavy (non-hydrogen) atoms. The van der Waals surface area contributed by atoms with Gasteiger partial charge in [-0.1, -0.05) is 24.3 Å². The van der Waals surface area contributed by atoms with Gasteiger partial charge in [-0.3, -0.25) is 0 Å². The molecule has 2 N–H and O–H groups in total. The summed E-state index contributed by atoms with van der Waals surface area (Å²) in [4.78, 5) is 9.10. The molecular weight excluding hydrogens is 507 g/mol. The zero-order valence-corrected chi connectivity index (χ0v) is 20.5. The molecule has 170 valence electrons. The van der Waals surface area contributed by atoms with Gasteiger partial charge in [0, 0.05) is 32.2 Å². The highest BCUT2D eigenvalue weighted by Gasteiger charge is 2.20. The minimum absolute atomic E-state index is 0. The molecule has 1 unspecified atom stereocenters. The van der Waals surface area contributed by atoms with Crippen molar-refractivity contribution in [3.05, 3.63) is 47.5 Å². The number of hydrogen-bond donors (Lipinski definition) is 2. The number of guanidine groups is 1. The number of nitrogens with one attached hydrogen (secondary N) is 2. The fourth-order valence-corrected chi connectivity index (χ4v) is 3.91. The van der Waals surface area contributed by atoms with Gasteiger partial charge in [-0.05, 0) is 37.3 Å². The van der Waals surface area contributed by atoms with Gasteiger partial charge in [-0.25, -0.2) is 14.7 Å². The lowest BCUT2D eigenvalue weighted by Gasteiger charge is -2.25. The second-order valence-electron chi connectivity index (χ2n) is 7.88. The summed E-state index contributed by atoms with van der Waals surface area (Å²) in [5.41, 5.74) is 2.38. The molecule has 2 aliphatic heterocycles. The highest BCUT2D eigenvalue weighted by atomic mass is 127. The second-order valence-corrected chi connectivity index (χ2v) is 7.88. The average molecular weight is 540 g/mol. The van der Waals surface area contributed by atoms with Crippen LogP contribution in [0, 0.1) is 0 Å². The quantitative estimate of drug-likeness (QED) is 0.319. The van der Waals surface area contributed by atoms with Crippen LogP contribution in [0.25, 0.3) is 0 Å². The summed E-state index contributed by atoms with van der Waals surface area (Å²) in [6, 6.07) is 8.81. The third-order valence-corrected chi connectivity index (χ3v) is 5.56. The Bertz CT molecular complexity index is 837. The molecule has 1 aromatic heterocycles. The molecule has 1 atom stereocenters. The molecule has 0 aliphatic carbocycles. The van der Waals surface area contributed by atoms with Gasteiger partial charge in [0.2, 0.25) is 0 Å². The predicted octanol–water partition coefficient (Wildman–Crippen LogP) is 2.66. The van der Waals surface area contributed by atoms with Crippen molar-refractivity contribution in [1.82, 2.24) is 25.4 Å². The number of halogens is 1. The number of benzene rings is 1. The standard InChI is InChI=1S/C22H32N6O2.HI/c1-2-23-22(27-19-6-7-21-25-16-26-28(21)14-19)24-13-17-4-3-5-18(12-17)15-30-20-8-10-29-11-9-20;/h3-5,12,16,19-20H,2,6-11,13-15H2,1H3,(H2,23,24,27);1H. The average Bonchev–Trinajstić information content (AvgIpc) is 3.25. The van der Waals surface area contributed by atoms with E-state index in [2.05, 4.69) is 51.9 Å². The number of fused-ring (bicyclic) bond motifs is 1. The molecule has 0 saturated carbocycles. The van der Waals surface area contributed by atoms with Gasteiger partial charge in [0.25, 0.3) is 0 Å². The normalized spacial score (nSPS) is 19.4. The third kappa shape index (κ3) is 7.15. The summed E-state index contributed by atoms with van der Waals surface area (Å²) in [5.74, 6) is 1.91. The van der Waals surface area contributed by atoms with E-state index in [4.69, 9.17) is 14.5 Å². The van der Waals surface area contributed by atoms with E-state index in [1.165, 1.54) is 11.1 Å². The maximum Gasteiger partial charge on any atom is 0.191 e. The number of aliphatic imine (C=N–C) groups is 1. The Labute approximate surface area is 201 Å². The topological polar surface area (TPSA) is 85.6 Å². The van der Waals surface area contributed by atoms with Crippen LogP contribution in [0.3, 0.4) is 0 Å². The SMILES string of the molecule is CCNC(=NCc1cccc(COC2CCOCC2)c1)NC1CCc2ncnn2C1.I. The van der Waals surface area contributed by atoms with E-state index in [-0.39, 0.29) is 24.0 Å². The summed E-state index contributed by atoms with van der Waals surface area (Å²) in [6.45, 7) is 6.61. The fraction of sp³-hybridized carbons (Fsp3) is 0.591. The summed E-state index contributed by atoms with van der Waals surface area (Å²) < 4.78 is 13.4. The lowest BCUT2D eigenvalue weighted by Crippen LogP contribution is -2.47. The Hall–Kier alpha value is -1.72. The summed E-state index contributed by atoms with van der Waals surface area (Å²) >= 11 is 0. The molecule has 0 amide bonds. The van der Waals surface area contributed by atoms with Crippen molar-refractivity contribution >= 4 is 29.9 Å². The maximum atomic E-state index is 6.06. The third-order valence-electron chi connectivity index (χ3n) is 5.56. The molecule has 1 saturated heterocycles. The summed E-state index contributed by atoms with van der Waals surface area (Å²) in [5, 5.41) is 11.2. The fourth-order valence-electron chi connectivity index (χ4n) is 3.91. The highest BCUT2D eigenvalue weighted by molar-refractivity contribution is 14.0. The molecule has 2 aromatic rings. The molecule has 8 nitrogen and oxygen atoms in total. The van der Waals surface area contributed by atoms with Crippen LogP contribution in [-0.4, -0.2) is 52.6 Å². The Morgan fingerprint density at radius 3 is 2.94 bits per heavy atom. The molecule has 1 fully saturated rings. The number of nitrogens with zero attached hydrogens (tertiary/aromatic N) is 4. The van der Waals surface area contributed by atoms with Gasteiger partial charge in [0.1, 0.15) is 12.2 Å². The van der Waals surface area contributed by atoms with E-state index < -0.39 is 0 Å². The Morgan fingerprint density at radius 1 is 1.26 bits per heavy atom. The Balaban J connectivity index is 0.00000272. The number of ether oxygens (including phenoxy) is 2. The lowest BCUT2D eigenvalue weighted by molar-refractivity contribution is -0.0390. The van der Waals surface area contributed by atoms with E-state index in [0.29, 0.717) is 25.3 Å². The second kappa shape index (κ2) is 12.4. The predicted molar refractivity (Wildman–Crippen MR) is 131 cm³/mol. The van der Waals surface area contributed by atoms with Crippen LogP contribution < -0.4 is 10.6 Å². The van der Waals surface area contributed by atoms with Gasteiger partial charge in [0.05, 0.1) is 25.8 Å². The largest absolute Gasteiger partial charge is 0.381 e. The van der Waals surface area contributed by atoms with Crippen LogP contribution in [-0.2, 0) is 35.6 Å². The zero-order chi connectivity index (χ0) is 20.6. The Morgan fingerprint density at radius 2 is 2.10 bits per heavy atom. The van der Waals surface area contributed by atoms with Gasteiger partial charge < -0.3 is 20.1 Å². The molecule has 0 spiro atoms. The van der Waals surface area contributed by atoms with Crippen LogP contribution >= 0.6 is 24.0 Å². The van der Waals surface area contributed by atoms with Crippen molar-refractivity contribution in [2.75, 3.05) is 19.8 Å². The molecule has 0 bridgehead atoms. The zero-order valence-electron chi connectivity index (χ0n) is 18.1. The van der Waals surface area contributed by atoms with Crippen molar-refractivity contribution in [2.45, 2.75) is 64.4 Å². The molecule has 4 rings (SSSR count). The van der Waals surface area contributed by atoms with Crippen molar-refractivity contribution < 1.29 is 9.47 Å². The van der Waals surface area contributed by atoms with Gasteiger partial charge >= 0.3 is 0 Å². The number of aryl methyl sites for hydroxylation is 1. The van der Waals surface area contributed by atoms with E-state index in [0.717, 1.165) is 63.8 Å². The number of aromatic nitrogens is 3. The Kier molecular flexibility index (Phi) is 9.54. The monoisotopic (exact) mass is 540 g/mol. The van der Waals surface area contributed by atoms with Crippen molar-refractivity contribution in [3.63, 3.8) is 0 Å². The van der Waals surface area contributed by atoms with E-state index in [9.17, 15) is 0 Å². The van der Waals surface area contributed by atoms with E-state index in [1.54, 1.807) is 6.33 Å². The minimum Gasteiger partial charge on any atom is -0.381 e. The molecule has 1 aromatic carbocycles. The van der Waals surface area contributed by atoms with Crippen LogP contribution in [0.15, 0.2) is 35.6 Å². The van der Waals surface area contributed by atoms with E-state index in [1.807, 2.05) is 4.68 Å². The van der Waals surface area contributed by atoms with Crippen LogP contribution in [0.4, 0.5) is 0 Å². The van der Waals surface area contributed by atoms with Crippen LogP contribution in [0.5, 0.6) is 0 Å². The first kappa shape index (κ1) is 23.9. The van der Waals surface area contributed by atoms with Crippen molar-refractivity contribution in [3.8, 4) is 0 Å². The molecule has 3 heterocycles. The molecule has 2 aliphatic rings. The maximum absolute atomic E-state index is 6.06. The van der Waals surface area contributed by atoms with Crippen molar-refractivity contribution in [1.29, 1.82) is 0 Å². The molecule has 0 radical (unpaired) electrons. The first-order valence-electron chi connectivity index (χ1n) is 11.0. The first-order chi connectivity index (χ1) is 14.8. The van der Waals surface area contributed by atoms with E-state index >= 15 is 0 Å². The summed E-state index contributed by atoms with van der Waals surface area (Å²) in [7, 11) is 0. The lowest BCUT2D eigenvalue weighted by atomic mass is 10.1. The van der Waals surface area contributed by atoms with Gasteiger partial charge in [-0.15, -0.1) is 24.0 Å². The van der Waals surface area contributed by atoms with Crippen LogP contribution in [0.2, 0.25) is 0 Å². The molecule has 9 heteroatoms. The number of rotatable bonds is 7. The number of hydrogen-bond acceptors (Lipinski definition) is 5. The summed E-state index contributed by atoms with van der Waals surface area (Å²) in [6.07, 6.45) is 5.88.